The third-order valence-electron chi connectivity index (χ3n) is 6.36. The van der Waals surface area contributed by atoms with E-state index in [1.807, 2.05) is 0 Å². The van der Waals surface area contributed by atoms with Gasteiger partial charge in [-0.2, -0.15) is 13.2 Å². The van der Waals surface area contributed by atoms with Crippen LogP contribution in [0.2, 0.25) is 0 Å². The van der Waals surface area contributed by atoms with Gasteiger partial charge in [-0.1, -0.05) is 6.92 Å². The van der Waals surface area contributed by atoms with Gasteiger partial charge in [0.2, 0.25) is 5.91 Å². The number of thiazole rings is 1. The van der Waals surface area contributed by atoms with Crippen LogP contribution in [-0.2, 0) is 20.6 Å². The van der Waals surface area contributed by atoms with E-state index in [1.54, 1.807) is 6.92 Å². The van der Waals surface area contributed by atoms with E-state index in [2.05, 4.69) is 20.3 Å². The van der Waals surface area contributed by atoms with Gasteiger partial charge in [-0.25, -0.2) is 14.8 Å². The minimum Gasteiger partial charge on any atom is -0.335 e. The van der Waals surface area contributed by atoms with E-state index in [-0.39, 0.29) is 40.8 Å². The van der Waals surface area contributed by atoms with Gasteiger partial charge in [0, 0.05) is 36.3 Å². The standard InChI is InChI=1S/C23H24F3N7O4S/c1-5-14(34)8-32-21(36)17-18(31(4)22(32)37)28-10-33(17)12(3)19(35)29-16-9-38-20(30-16)13-6-15(23(24,25)26)11(2)27-7-13/h6-7,9-10,12,17-18H,5,8H2,1-4H3,(H,29,35)/t12-,17?,18?/m0/s1. The molecular weight excluding hydrogens is 527 g/mol. The number of rotatable bonds is 7. The average Bonchev–Trinajstić information content (AvgIpc) is 3.52. The number of aliphatic imine (C=N–C) groups is 1. The van der Waals surface area contributed by atoms with Crippen molar-refractivity contribution in [2.75, 3.05) is 18.9 Å². The molecule has 38 heavy (non-hydrogen) atoms. The molecule has 11 nitrogen and oxygen atoms in total. The number of hydrogen-bond acceptors (Lipinski definition) is 9. The number of anilines is 1. The van der Waals surface area contributed by atoms with Crippen LogP contribution in [0.1, 0.15) is 31.5 Å². The summed E-state index contributed by atoms with van der Waals surface area (Å²) >= 11 is 1.03. The van der Waals surface area contributed by atoms with Crippen LogP contribution >= 0.6 is 11.3 Å². The van der Waals surface area contributed by atoms with Gasteiger partial charge in [0.05, 0.1) is 18.4 Å². The Labute approximate surface area is 219 Å². The summed E-state index contributed by atoms with van der Waals surface area (Å²) in [6.07, 6.45) is -2.68. The van der Waals surface area contributed by atoms with E-state index >= 15 is 0 Å². The van der Waals surface area contributed by atoms with Crippen LogP contribution < -0.4 is 5.32 Å². The number of imide groups is 1. The van der Waals surface area contributed by atoms with Crippen LogP contribution in [0.25, 0.3) is 10.6 Å². The minimum atomic E-state index is -4.57. The zero-order valence-electron chi connectivity index (χ0n) is 20.8. The first-order valence-electron chi connectivity index (χ1n) is 11.5. The third-order valence-corrected chi connectivity index (χ3v) is 7.25. The monoisotopic (exact) mass is 551 g/mol. The molecule has 2 aliphatic heterocycles. The van der Waals surface area contributed by atoms with Crippen molar-refractivity contribution in [3.8, 4) is 10.6 Å². The van der Waals surface area contributed by atoms with Gasteiger partial charge < -0.3 is 15.1 Å². The maximum Gasteiger partial charge on any atom is 0.418 e. The van der Waals surface area contributed by atoms with Crippen LogP contribution in [0.4, 0.5) is 23.8 Å². The van der Waals surface area contributed by atoms with Crippen molar-refractivity contribution in [2.24, 2.45) is 4.99 Å². The van der Waals surface area contributed by atoms with E-state index < -0.39 is 47.8 Å². The zero-order valence-corrected chi connectivity index (χ0v) is 21.6. The van der Waals surface area contributed by atoms with Crippen LogP contribution in [-0.4, -0.2) is 86.5 Å². The predicted octanol–water partition coefficient (Wildman–Crippen LogP) is 2.77. The summed E-state index contributed by atoms with van der Waals surface area (Å²) < 4.78 is 39.8. The van der Waals surface area contributed by atoms with Crippen molar-refractivity contribution < 1.29 is 32.3 Å². The molecule has 4 rings (SSSR count). The fraction of sp³-hybridized carbons (Fsp3) is 0.435. The SMILES string of the molecule is CCC(=O)CN1C(=O)C2C(N=CN2[C@@H](C)C(=O)Nc2csc(-c3cnc(C)c(C(F)(F)F)c3)n2)N(C)C1=O. The fourth-order valence-electron chi connectivity index (χ4n) is 4.12. The van der Waals surface area contributed by atoms with Gasteiger partial charge in [0.1, 0.15) is 16.9 Å². The number of nitrogens with one attached hydrogen (secondary N) is 1. The molecule has 15 heteroatoms. The molecule has 2 aliphatic rings. The second kappa shape index (κ2) is 10.1. The molecular formula is C23H24F3N7O4S. The first-order valence-corrected chi connectivity index (χ1v) is 12.4. The molecule has 4 amide bonds. The Morgan fingerprint density at radius 1 is 1.26 bits per heavy atom. The van der Waals surface area contributed by atoms with Crippen molar-refractivity contribution in [1.82, 2.24) is 24.7 Å². The van der Waals surface area contributed by atoms with Crippen molar-refractivity contribution >= 4 is 47.1 Å². The zero-order chi connectivity index (χ0) is 27.9. The average molecular weight is 552 g/mol. The number of nitrogens with zero attached hydrogens (tertiary/aromatic N) is 6. The first-order chi connectivity index (χ1) is 17.8. The van der Waals surface area contributed by atoms with E-state index in [9.17, 15) is 32.3 Å². The minimum absolute atomic E-state index is 0.112. The summed E-state index contributed by atoms with van der Waals surface area (Å²) in [6, 6.07) is -1.64. The summed E-state index contributed by atoms with van der Waals surface area (Å²) in [6.45, 7) is 4.04. The Kier molecular flexibility index (Phi) is 7.23. The second-order valence-electron chi connectivity index (χ2n) is 8.84. The number of aromatic nitrogens is 2. The van der Waals surface area contributed by atoms with Crippen LogP contribution in [0.3, 0.4) is 0 Å². The van der Waals surface area contributed by atoms with Gasteiger partial charge in [0.15, 0.2) is 18.0 Å². The lowest BCUT2D eigenvalue weighted by Gasteiger charge is -2.42. The molecule has 0 saturated carbocycles. The predicted molar refractivity (Wildman–Crippen MR) is 131 cm³/mol. The summed E-state index contributed by atoms with van der Waals surface area (Å²) in [4.78, 5) is 66.5. The number of ketones is 1. The Morgan fingerprint density at radius 2 is 1.97 bits per heavy atom. The number of carbonyl (C=O) groups is 4. The highest BCUT2D eigenvalue weighted by molar-refractivity contribution is 7.13. The summed E-state index contributed by atoms with van der Waals surface area (Å²) in [5, 5.41) is 4.31. The highest BCUT2D eigenvalue weighted by atomic mass is 32.1. The number of alkyl halides is 3. The molecule has 2 unspecified atom stereocenters. The molecule has 0 bridgehead atoms. The van der Waals surface area contributed by atoms with Crippen LogP contribution in [0.15, 0.2) is 22.6 Å². The fourth-order valence-corrected chi connectivity index (χ4v) is 4.85. The maximum absolute atomic E-state index is 13.3. The normalized spacial score (nSPS) is 20.1. The number of pyridine rings is 1. The molecule has 1 saturated heterocycles. The molecule has 0 spiro atoms. The van der Waals surface area contributed by atoms with Crippen molar-refractivity contribution in [3.05, 3.63) is 28.9 Å². The topological polar surface area (TPSA) is 128 Å². The Balaban J connectivity index is 1.49. The molecule has 2 aromatic heterocycles. The number of aryl methyl sites for hydroxylation is 1. The smallest absolute Gasteiger partial charge is 0.335 e. The number of amides is 4. The van der Waals surface area contributed by atoms with E-state index in [0.717, 1.165) is 22.3 Å². The number of carbonyl (C=O) groups excluding carboxylic acids is 4. The Hall–Kier alpha value is -3.88. The lowest BCUT2D eigenvalue weighted by atomic mass is 10.1. The highest BCUT2D eigenvalue weighted by Crippen LogP contribution is 2.35. The Morgan fingerprint density at radius 3 is 2.63 bits per heavy atom. The largest absolute Gasteiger partial charge is 0.418 e. The molecule has 1 N–H and O–H groups in total. The lowest BCUT2D eigenvalue weighted by Crippen LogP contribution is -2.66. The maximum atomic E-state index is 13.3. The van der Waals surface area contributed by atoms with E-state index in [1.165, 1.54) is 48.6 Å². The second-order valence-corrected chi connectivity index (χ2v) is 9.70. The van der Waals surface area contributed by atoms with Crippen LogP contribution in [0.5, 0.6) is 0 Å². The number of halogens is 3. The van der Waals surface area contributed by atoms with Crippen molar-refractivity contribution in [1.29, 1.82) is 0 Å². The summed E-state index contributed by atoms with van der Waals surface area (Å²) in [5.41, 5.74) is -0.881. The van der Waals surface area contributed by atoms with Crippen LogP contribution in [0, 0.1) is 6.92 Å². The van der Waals surface area contributed by atoms with Gasteiger partial charge in [-0.15, -0.1) is 11.3 Å². The molecule has 0 aliphatic carbocycles. The molecule has 202 valence electrons. The number of fused-ring (bicyclic) bond motifs is 1. The molecule has 3 atom stereocenters. The van der Waals surface area contributed by atoms with Gasteiger partial charge >= 0.3 is 12.2 Å². The third kappa shape index (κ3) is 4.97. The van der Waals surface area contributed by atoms with Gasteiger partial charge in [0.25, 0.3) is 5.91 Å². The number of hydrogen-bond donors (Lipinski definition) is 1. The number of likely N-dealkylation sites (N-methyl/N-ethyl adjacent to an activating group) is 1. The quantitative estimate of drug-likeness (QED) is 0.561. The van der Waals surface area contributed by atoms with E-state index in [0.29, 0.717) is 0 Å². The summed E-state index contributed by atoms with van der Waals surface area (Å²) in [7, 11) is 1.46. The number of urea groups is 1. The van der Waals surface area contributed by atoms with Gasteiger partial charge in [-0.3, -0.25) is 24.3 Å². The summed E-state index contributed by atoms with van der Waals surface area (Å²) in [5.74, 6) is -1.38. The lowest BCUT2D eigenvalue weighted by molar-refractivity contribution is -0.141. The van der Waals surface area contributed by atoms with Crippen molar-refractivity contribution in [2.45, 2.75) is 51.6 Å². The van der Waals surface area contributed by atoms with Gasteiger partial charge in [-0.05, 0) is 19.9 Å². The van der Waals surface area contributed by atoms with E-state index in [4.69, 9.17) is 0 Å². The molecule has 0 aromatic carbocycles. The highest BCUT2D eigenvalue weighted by Gasteiger charge is 2.51. The first kappa shape index (κ1) is 27.2. The number of Topliss-reactive ketones (excluding diaryl/α,β-unsaturated/α-hetero) is 1. The molecule has 1 fully saturated rings. The van der Waals surface area contributed by atoms with Crippen molar-refractivity contribution in [3.63, 3.8) is 0 Å². The molecule has 2 aromatic rings. The Bertz CT molecular complexity index is 1330. The molecule has 4 heterocycles. The molecule has 0 radical (unpaired) electrons.